The van der Waals surface area contributed by atoms with E-state index in [4.69, 9.17) is 4.42 Å². The van der Waals surface area contributed by atoms with Crippen LogP contribution in [0.4, 0.5) is 0 Å². The van der Waals surface area contributed by atoms with Crippen molar-refractivity contribution in [1.29, 1.82) is 0 Å². The lowest BCUT2D eigenvalue weighted by atomic mass is 10.1. The van der Waals surface area contributed by atoms with Crippen LogP contribution in [-0.2, 0) is 7.05 Å². The molecule has 0 saturated carbocycles. The second-order valence-electron chi connectivity index (χ2n) is 4.57. The monoisotopic (exact) mass is 248 g/mol. The number of hydrogen-bond acceptors (Lipinski definition) is 4. The first-order valence-electron chi connectivity index (χ1n) is 5.85. The maximum absolute atomic E-state index is 11.9. The van der Waals surface area contributed by atoms with Crippen LogP contribution in [-0.4, -0.2) is 22.9 Å². The summed E-state index contributed by atoms with van der Waals surface area (Å²) in [6.07, 6.45) is 0. The molecule has 0 bridgehead atoms. The SMILES string of the molecule is CC(C)NCC(=O)c1ccc2oc(=O)n(C)c2c1. The number of aromatic nitrogens is 1. The van der Waals surface area contributed by atoms with Gasteiger partial charge in [0, 0.05) is 18.7 Å². The van der Waals surface area contributed by atoms with Gasteiger partial charge in [0.15, 0.2) is 11.4 Å². The van der Waals surface area contributed by atoms with Crippen LogP contribution in [0.25, 0.3) is 11.1 Å². The summed E-state index contributed by atoms with van der Waals surface area (Å²) in [5, 5.41) is 3.07. The summed E-state index contributed by atoms with van der Waals surface area (Å²) < 4.78 is 6.40. The maximum atomic E-state index is 11.9. The van der Waals surface area contributed by atoms with Crippen molar-refractivity contribution in [1.82, 2.24) is 9.88 Å². The molecule has 0 aliphatic heterocycles. The van der Waals surface area contributed by atoms with Gasteiger partial charge in [-0.1, -0.05) is 13.8 Å². The summed E-state index contributed by atoms with van der Waals surface area (Å²) in [6.45, 7) is 4.25. The predicted octanol–water partition coefficient (Wildman–Crippen LogP) is 1.31. The molecule has 2 rings (SSSR count). The summed E-state index contributed by atoms with van der Waals surface area (Å²) >= 11 is 0. The zero-order chi connectivity index (χ0) is 13.3. The van der Waals surface area contributed by atoms with E-state index in [1.807, 2.05) is 13.8 Å². The molecule has 5 heteroatoms. The Morgan fingerprint density at radius 3 is 2.83 bits per heavy atom. The van der Waals surface area contributed by atoms with E-state index in [0.29, 0.717) is 16.7 Å². The Morgan fingerprint density at radius 2 is 2.17 bits per heavy atom. The quantitative estimate of drug-likeness (QED) is 0.829. The molecule has 0 aliphatic carbocycles. The first kappa shape index (κ1) is 12.6. The second kappa shape index (κ2) is 4.78. The van der Waals surface area contributed by atoms with E-state index >= 15 is 0 Å². The van der Waals surface area contributed by atoms with Crippen LogP contribution >= 0.6 is 0 Å². The Bertz CT molecular complexity index is 637. The molecule has 1 heterocycles. The molecule has 0 fully saturated rings. The normalized spacial score (nSPS) is 11.3. The fourth-order valence-electron chi connectivity index (χ4n) is 1.70. The van der Waals surface area contributed by atoms with Gasteiger partial charge in [0.25, 0.3) is 0 Å². The number of benzene rings is 1. The number of nitrogens with one attached hydrogen (secondary N) is 1. The molecule has 2 aromatic rings. The average Bonchev–Trinajstić information content (AvgIpc) is 2.62. The van der Waals surface area contributed by atoms with Gasteiger partial charge < -0.3 is 9.73 Å². The Morgan fingerprint density at radius 1 is 1.44 bits per heavy atom. The number of nitrogens with zero attached hydrogens (tertiary/aromatic N) is 1. The summed E-state index contributed by atoms with van der Waals surface area (Å²) in [7, 11) is 1.62. The molecule has 1 aromatic carbocycles. The Labute approximate surface area is 104 Å². The molecule has 0 radical (unpaired) electrons. The van der Waals surface area contributed by atoms with Gasteiger partial charge in [0.2, 0.25) is 0 Å². The third-order valence-electron chi connectivity index (χ3n) is 2.78. The van der Waals surface area contributed by atoms with Crippen LogP contribution < -0.4 is 11.1 Å². The van der Waals surface area contributed by atoms with Gasteiger partial charge in [-0.25, -0.2) is 4.79 Å². The largest absolute Gasteiger partial charge is 0.419 e. The number of Topliss-reactive ketones (excluding diaryl/α,β-unsaturated/α-hetero) is 1. The fraction of sp³-hybridized carbons (Fsp3) is 0.385. The minimum Gasteiger partial charge on any atom is -0.408 e. The van der Waals surface area contributed by atoms with E-state index in [2.05, 4.69) is 5.32 Å². The van der Waals surface area contributed by atoms with Crippen LogP contribution in [0.3, 0.4) is 0 Å². The predicted molar refractivity (Wildman–Crippen MR) is 68.9 cm³/mol. The van der Waals surface area contributed by atoms with Crippen molar-refractivity contribution in [3.05, 3.63) is 34.3 Å². The highest BCUT2D eigenvalue weighted by Crippen LogP contribution is 2.14. The highest BCUT2D eigenvalue weighted by molar-refractivity contribution is 6.00. The standard InChI is InChI=1S/C13H16N2O3/c1-8(2)14-7-11(16)9-4-5-12-10(6-9)15(3)13(17)18-12/h4-6,8,14H,7H2,1-3H3. The number of rotatable bonds is 4. The van der Waals surface area contributed by atoms with Crippen molar-refractivity contribution in [3.63, 3.8) is 0 Å². The number of oxazole rings is 1. The highest BCUT2D eigenvalue weighted by atomic mass is 16.4. The topological polar surface area (TPSA) is 64.2 Å². The van der Waals surface area contributed by atoms with Gasteiger partial charge in [0.05, 0.1) is 12.1 Å². The molecule has 96 valence electrons. The van der Waals surface area contributed by atoms with E-state index in [1.165, 1.54) is 4.57 Å². The molecule has 1 aromatic heterocycles. The van der Waals surface area contributed by atoms with Crippen molar-refractivity contribution < 1.29 is 9.21 Å². The van der Waals surface area contributed by atoms with Crippen LogP contribution in [0.2, 0.25) is 0 Å². The first-order valence-corrected chi connectivity index (χ1v) is 5.85. The number of fused-ring (bicyclic) bond motifs is 1. The molecule has 0 unspecified atom stereocenters. The van der Waals surface area contributed by atoms with Crippen LogP contribution in [0.15, 0.2) is 27.4 Å². The molecular formula is C13H16N2O3. The molecule has 1 N–H and O–H groups in total. The molecule has 0 aliphatic rings. The smallest absolute Gasteiger partial charge is 0.408 e. The molecular weight excluding hydrogens is 232 g/mol. The Balaban J connectivity index is 2.32. The minimum atomic E-state index is -0.421. The molecule has 0 spiro atoms. The zero-order valence-electron chi connectivity index (χ0n) is 10.7. The second-order valence-corrected chi connectivity index (χ2v) is 4.57. The molecule has 18 heavy (non-hydrogen) atoms. The van der Waals surface area contributed by atoms with Gasteiger partial charge in [-0.3, -0.25) is 9.36 Å². The van der Waals surface area contributed by atoms with E-state index in [9.17, 15) is 9.59 Å². The van der Waals surface area contributed by atoms with Crippen molar-refractivity contribution in [3.8, 4) is 0 Å². The van der Waals surface area contributed by atoms with Crippen LogP contribution in [0.5, 0.6) is 0 Å². The van der Waals surface area contributed by atoms with E-state index in [1.54, 1.807) is 25.2 Å². The first-order chi connectivity index (χ1) is 8.49. The Hall–Kier alpha value is -1.88. The van der Waals surface area contributed by atoms with E-state index in [0.717, 1.165) is 0 Å². The lowest BCUT2D eigenvalue weighted by molar-refractivity contribution is 0.0988. The zero-order valence-corrected chi connectivity index (χ0v) is 10.7. The van der Waals surface area contributed by atoms with Crippen molar-refractivity contribution in [2.75, 3.05) is 6.54 Å². The summed E-state index contributed by atoms with van der Waals surface area (Å²) in [6, 6.07) is 5.27. The number of hydrogen-bond donors (Lipinski definition) is 1. The third-order valence-corrected chi connectivity index (χ3v) is 2.78. The van der Waals surface area contributed by atoms with Gasteiger partial charge in [-0.05, 0) is 18.2 Å². The Kier molecular flexibility index (Phi) is 3.34. The lowest BCUT2D eigenvalue weighted by Crippen LogP contribution is -2.29. The van der Waals surface area contributed by atoms with E-state index < -0.39 is 5.76 Å². The molecule has 0 saturated heterocycles. The maximum Gasteiger partial charge on any atom is 0.419 e. The van der Waals surface area contributed by atoms with Gasteiger partial charge in [-0.2, -0.15) is 0 Å². The van der Waals surface area contributed by atoms with E-state index in [-0.39, 0.29) is 18.4 Å². The van der Waals surface area contributed by atoms with Gasteiger partial charge in [0.1, 0.15) is 0 Å². The number of carbonyl (C=O) groups excluding carboxylic acids is 1. The number of aryl methyl sites for hydroxylation is 1. The average molecular weight is 248 g/mol. The summed E-state index contributed by atoms with van der Waals surface area (Å²) in [4.78, 5) is 23.3. The van der Waals surface area contributed by atoms with Gasteiger partial charge >= 0.3 is 5.76 Å². The van der Waals surface area contributed by atoms with Crippen molar-refractivity contribution >= 4 is 16.9 Å². The van der Waals surface area contributed by atoms with Gasteiger partial charge in [-0.15, -0.1) is 0 Å². The van der Waals surface area contributed by atoms with Crippen LogP contribution in [0, 0.1) is 0 Å². The minimum absolute atomic E-state index is 0.000695. The molecule has 5 nitrogen and oxygen atoms in total. The van der Waals surface area contributed by atoms with Crippen molar-refractivity contribution in [2.24, 2.45) is 7.05 Å². The molecule has 0 amide bonds. The number of carbonyl (C=O) groups is 1. The van der Waals surface area contributed by atoms with Crippen LogP contribution in [0.1, 0.15) is 24.2 Å². The summed E-state index contributed by atoms with van der Waals surface area (Å²) in [5.41, 5.74) is 1.71. The van der Waals surface area contributed by atoms with Crippen molar-refractivity contribution in [2.45, 2.75) is 19.9 Å². The highest BCUT2D eigenvalue weighted by Gasteiger charge is 2.11. The lowest BCUT2D eigenvalue weighted by Gasteiger charge is -2.07. The number of ketones is 1. The third kappa shape index (κ3) is 2.36. The molecule has 0 atom stereocenters. The summed E-state index contributed by atoms with van der Waals surface area (Å²) in [5.74, 6) is -0.422. The fourth-order valence-corrected chi connectivity index (χ4v) is 1.70.